The zero-order chi connectivity index (χ0) is 25.3. The summed E-state index contributed by atoms with van der Waals surface area (Å²) in [5, 5.41) is 9.51. The molecular weight excluding hydrogens is 460 g/mol. The lowest BCUT2D eigenvalue weighted by Crippen LogP contribution is -2.55. The zero-order valence-corrected chi connectivity index (χ0v) is 20.7. The number of benzene rings is 1. The van der Waals surface area contributed by atoms with Gasteiger partial charge in [-0.25, -0.2) is 0 Å². The fourth-order valence-corrected chi connectivity index (χ4v) is 6.27. The molecule has 0 bridgehead atoms. The summed E-state index contributed by atoms with van der Waals surface area (Å²) in [5.74, 6) is -2.75. The monoisotopic (exact) mass is 494 g/mol. The number of fused-ring (bicyclic) bond motifs is 2. The summed E-state index contributed by atoms with van der Waals surface area (Å²) in [6.07, 6.45) is 10.4. The van der Waals surface area contributed by atoms with Gasteiger partial charge >= 0.3 is 5.97 Å². The molecule has 1 aromatic carbocycles. The van der Waals surface area contributed by atoms with Gasteiger partial charge in [-0.3, -0.25) is 14.4 Å². The number of esters is 1. The number of hydrogen-bond acceptors (Lipinski definition) is 6. The number of carbonyl (C=O) groups excluding carboxylic acids is 3. The van der Waals surface area contributed by atoms with Crippen LogP contribution in [0.25, 0.3) is 0 Å². The summed E-state index contributed by atoms with van der Waals surface area (Å²) in [5.41, 5.74) is -1.40. The molecule has 0 radical (unpaired) electrons. The minimum absolute atomic E-state index is 0.112. The number of rotatable bonds is 5. The van der Waals surface area contributed by atoms with Crippen molar-refractivity contribution in [3.8, 4) is 0 Å². The predicted octanol–water partition coefficient (Wildman–Crippen LogP) is 2.22. The molecule has 0 saturated carbocycles. The lowest BCUT2D eigenvalue weighted by molar-refractivity contribution is -0.160. The van der Waals surface area contributed by atoms with Crippen molar-refractivity contribution in [1.82, 2.24) is 9.80 Å². The quantitative estimate of drug-likeness (QED) is 0.498. The van der Waals surface area contributed by atoms with Crippen LogP contribution < -0.4 is 0 Å². The van der Waals surface area contributed by atoms with Gasteiger partial charge in [0, 0.05) is 26.2 Å². The van der Waals surface area contributed by atoms with Crippen LogP contribution in [-0.2, 0) is 30.4 Å². The standard InChI is InChI=1S/C28H34N2O6/c1-27-13-7-2-3-8-18-35-26(34)22(27)21-24(32)30(16-10-17-31)23-25(33)29(15-9-14-28(21,23)36-27)19-20-11-5-4-6-12-20/h4-7,9,11-14,21-23,31H,2-3,8,10,15-19H2,1H3/b13-7-/t21-,22+,23?,27-,28-/m0/s1. The third-order valence-corrected chi connectivity index (χ3v) is 7.86. The van der Waals surface area contributed by atoms with E-state index in [4.69, 9.17) is 9.47 Å². The SMILES string of the molecule is C[C@]12/C=C\CCCCOC(=O)[C@H]1[C@H]1C(=O)N(CCCO)C3C(=O)N(Cc4ccccc4)CC=C[C@@]31O2. The number of carbonyl (C=O) groups is 3. The molecule has 8 nitrogen and oxygen atoms in total. The summed E-state index contributed by atoms with van der Waals surface area (Å²) >= 11 is 0. The number of allylic oxidation sites excluding steroid dienone is 1. The van der Waals surface area contributed by atoms with Crippen LogP contribution in [0.1, 0.15) is 38.2 Å². The topological polar surface area (TPSA) is 96.4 Å². The van der Waals surface area contributed by atoms with Crippen molar-refractivity contribution in [3.05, 3.63) is 60.2 Å². The molecule has 192 valence electrons. The third kappa shape index (κ3) is 4.06. The Morgan fingerprint density at radius 3 is 2.61 bits per heavy atom. The Morgan fingerprint density at radius 2 is 1.83 bits per heavy atom. The van der Waals surface area contributed by atoms with E-state index in [1.807, 2.05) is 61.6 Å². The maximum atomic E-state index is 14.1. The Balaban J connectivity index is 1.58. The summed E-state index contributed by atoms with van der Waals surface area (Å²) < 4.78 is 12.4. The average Bonchev–Trinajstić information content (AvgIpc) is 3.20. The maximum Gasteiger partial charge on any atom is 0.313 e. The maximum absolute atomic E-state index is 14.1. The number of aliphatic hydroxyl groups excluding tert-OH is 1. The first kappa shape index (κ1) is 24.7. The molecule has 1 aromatic rings. The van der Waals surface area contributed by atoms with Gasteiger partial charge in [-0.2, -0.15) is 0 Å². The molecule has 4 heterocycles. The number of aliphatic hydroxyl groups is 1. The van der Waals surface area contributed by atoms with Gasteiger partial charge < -0.3 is 24.4 Å². The molecule has 2 amide bonds. The van der Waals surface area contributed by atoms with Gasteiger partial charge in [0.1, 0.15) is 17.6 Å². The fraction of sp³-hybridized carbons (Fsp3) is 0.536. The van der Waals surface area contributed by atoms with Crippen LogP contribution in [0.3, 0.4) is 0 Å². The molecule has 2 fully saturated rings. The van der Waals surface area contributed by atoms with Gasteiger partial charge in [0.15, 0.2) is 0 Å². The highest BCUT2D eigenvalue weighted by Crippen LogP contribution is 2.57. The number of ether oxygens (including phenoxy) is 2. The second-order valence-electron chi connectivity index (χ2n) is 10.3. The van der Waals surface area contributed by atoms with Crippen LogP contribution in [-0.4, -0.2) is 76.2 Å². The van der Waals surface area contributed by atoms with Crippen molar-refractivity contribution >= 4 is 17.8 Å². The lowest BCUT2D eigenvalue weighted by atomic mass is 9.74. The average molecular weight is 495 g/mol. The van der Waals surface area contributed by atoms with Gasteiger partial charge in [-0.05, 0) is 38.2 Å². The molecule has 8 heteroatoms. The number of nitrogens with zero attached hydrogens (tertiary/aromatic N) is 2. The summed E-state index contributed by atoms with van der Waals surface area (Å²) in [6, 6.07) is 8.78. The van der Waals surface area contributed by atoms with Crippen LogP contribution in [0.2, 0.25) is 0 Å². The third-order valence-electron chi connectivity index (χ3n) is 7.86. The summed E-state index contributed by atoms with van der Waals surface area (Å²) in [4.78, 5) is 44.8. The van der Waals surface area contributed by atoms with Crippen molar-refractivity contribution in [2.45, 2.75) is 56.4 Å². The summed E-state index contributed by atoms with van der Waals surface area (Å²) in [7, 11) is 0. The Bertz CT molecular complexity index is 1070. The fourth-order valence-electron chi connectivity index (χ4n) is 6.27. The van der Waals surface area contributed by atoms with Gasteiger partial charge in [0.05, 0.1) is 18.1 Å². The van der Waals surface area contributed by atoms with Crippen LogP contribution in [0, 0.1) is 11.8 Å². The van der Waals surface area contributed by atoms with E-state index in [1.165, 1.54) is 4.90 Å². The highest BCUT2D eigenvalue weighted by molar-refractivity contribution is 5.99. The number of amides is 2. The molecule has 0 aliphatic carbocycles. The Kier molecular flexibility index (Phi) is 6.74. The van der Waals surface area contributed by atoms with E-state index >= 15 is 0 Å². The molecule has 4 aliphatic rings. The van der Waals surface area contributed by atoms with E-state index in [0.717, 1.165) is 24.8 Å². The largest absolute Gasteiger partial charge is 0.465 e. The van der Waals surface area contributed by atoms with Crippen molar-refractivity contribution in [2.24, 2.45) is 11.8 Å². The van der Waals surface area contributed by atoms with Gasteiger partial charge in [0.25, 0.3) is 0 Å². The molecular formula is C28H34N2O6. The van der Waals surface area contributed by atoms with Crippen LogP contribution in [0.15, 0.2) is 54.6 Å². The van der Waals surface area contributed by atoms with Gasteiger partial charge in [-0.15, -0.1) is 0 Å². The Morgan fingerprint density at radius 1 is 1.03 bits per heavy atom. The number of likely N-dealkylation sites (tertiary alicyclic amines) is 1. The van der Waals surface area contributed by atoms with E-state index in [1.54, 1.807) is 4.90 Å². The highest BCUT2D eigenvalue weighted by atomic mass is 16.6. The molecule has 36 heavy (non-hydrogen) atoms. The molecule has 1 spiro atoms. The number of cyclic esters (lactones) is 1. The van der Waals surface area contributed by atoms with Gasteiger partial charge in [0.2, 0.25) is 11.8 Å². The lowest BCUT2D eigenvalue weighted by Gasteiger charge is -2.37. The van der Waals surface area contributed by atoms with Crippen LogP contribution in [0.5, 0.6) is 0 Å². The van der Waals surface area contributed by atoms with Gasteiger partial charge in [-0.1, -0.05) is 54.6 Å². The van der Waals surface area contributed by atoms with E-state index in [2.05, 4.69) is 0 Å². The molecule has 4 aliphatic heterocycles. The van der Waals surface area contributed by atoms with E-state index in [0.29, 0.717) is 26.1 Å². The number of hydrogen-bond donors (Lipinski definition) is 1. The second kappa shape index (κ2) is 9.82. The molecule has 5 atom stereocenters. The predicted molar refractivity (Wildman–Crippen MR) is 131 cm³/mol. The normalized spacial score (nSPS) is 35.1. The minimum Gasteiger partial charge on any atom is -0.465 e. The Hall–Kier alpha value is -2.97. The smallest absolute Gasteiger partial charge is 0.313 e. The molecule has 2 saturated heterocycles. The van der Waals surface area contributed by atoms with Crippen molar-refractivity contribution in [2.75, 3.05) is 26.3 Å². The molecule has 5 rings (SSSR count). The van der Waals surface area contributed by atoms with E-state index in [-0.39, 0.29) is 25.0 Å². The van der Waals surface area contributed by atoms with Crippen LogP contribution in [0.4, 0.5) is 0 Å². The zero-order valence-electron chi connectivity index (χ0n) is 20.7. The van der Waals surface area contributed by atoms with E-state index in [9.17, 15) is 19.5 Å². The second-order valence-corrected chi connectivity index (χ2v) is 10.3. The first-order valence-electron chi connectivity index (χ1n) is 12.9. The summed E-state index contributed by atoms with van der Waals surface area (Å²) in [6.45, 7) is 2.97. The Labute approximate surface area is 211 Å². The first-order valence-corrected chi connectivity index (χ1v) is 12.9. The first-order chi connectivity index (χ1) is 17.4. The van der Waals surface area contributed by atoms with Crippen molar-refractivity contribution in [3.63, 3.8) is 0 Å². The van der Waals surface area contributed by atoms with Crippen molar-refractivity contribution in [1.29, 1.82) is 0 Å². The minimum atomic E-state index is -1.30. The molecule has 0 aromatic heterocycles. The van der Waals surface area contributed by atoms with Crippen molar-refractivity contribution < 1.29 is 29.0 Å². The highest BCUT2D eigenvalue weighted by Gasteiger charge is 2.74. The van der Waals surface area contributed by atoms with Crippen LogP contribution >= 0.6 is 0 Å². The molecule has 1 N–H and O–H groups in total. The van der Waals surface area contributed by atoms with E-state index < -0.39 is 35.0 Å². The molecule has 1 unspecified atom stereocenters.